The highest BCUT2D eigenvalue weighted by Gasteiger charge is 2.31. The molecule has 0 bridgehead atoms. The fraction of sp³-hybridized carbons (Fsp3) is 0.448. The van der Waals surface area contributed by atoms with Crippen LogP contribution in [0, 0.1) is 6.92 Å². The van der Waals surface area contributed by atoms with Gasteiger partial charge in [0.05, 0.1) is 23.9 Å². The summed E-state index contributed by atoms with van der Waals surface area (Å²) in [5, 5.41) is 15.8. The highest BCUT2D eigenvalue weighted by atomic mass is 19.4. The molecule has 0 radical (unpaired) electrons. The van der Waals surface area contributed by atoms with Crippen molar-refractivity contribution >= 4 is 11.6 Å². The van der Waals surface area contributed by atoms with Crippen LogP contribution < -0.4 is 4.90 Å². The number of aryl methyl sites for hydroxylation is 1. The topological polar surface area (TPSA) is 64.8 Å². The molecule has 39 heavy (non-hydrogen) atoms. The van der Waals surface area contributed by atoms with Gasteiger partial charge < -0.3 is 14.9 Å². The lowest BCUT2D eigenvalue weighted by Crippen LogP contribution is -2.49. The first-order valence-corrected chi connectivity index (χ1v) is 13.3. The standard InChI is InChI=1S/C29H34F3N5O2/c1-20-3-9-24(10-4-20)35-15-13-34(14-16-35)17-25(39)18-37-27-11-12-36(21(2)38)19-26(27)28(33-37)22-5-7-23(8-6-22)29(30,31)32/h3-10,25,39H,11-19H2,1-2H3. The molecule has 0 spiro atoms. The van der Waals surface area contributed by atoms with Crippen molar-refractivity contribution in [3.63, 3.8) is 0 Å². The number of aliphatic hydroxyl groups excluding tert-OH is 1. The molecule has 7 nitrogen and oxygen atoms in total. The van der Waals surface area contributed by atoms with Gasteiger partial charge in [-0.15, -0.1) is 0 Å². The van der Waals surface area contributed by atoms with Crippen LogP contribution >= 0.6 is 0 Å². The number of aliphatic hydroxyl groups is 1. The van der Waals surface area contributed by atoms with E-state index in [-0.39, 0.29) is 12.5 Å². The van der Waals surface area contributed by atoms with Crippen molar-refractivity contribution in [3.8, 4) is 11.3 Å². The fourth-order valence-corrected chi connectivity index (χ4v) is 5.46. The zero-order valence-corrected chi connectivity index (χ0v) is 22.3. The number of β-amino-alcohol motifs (C(OH)–C–C–N with tert-alkyl or cyclic N) is 1. The minimum Gasteiger partial charge on any atom is -0.390 e. The average Bonchev–Trinajstić information content (AvgIpc) is 3.26. The van der Waals surface area contributed by atoms with Crippen LogP contribution in [0.4, 0.5) is 18.9 Å². The van der Waals surface area contributed by atoms with E-state index in [4.69, 9.17) is 5.10 Å². The Morgan fingerprint density at radius 3 is 2.26 bits per heavy atom. The number of nitrogens with zero attached hydrogens (tertiary/aromatic N) is 5. The molecular weight excluding hydrogens is 507 g/mol. The molecule has 1 N–H and O–H groups in total. The van der Waals surface area contributed by atoms with Gasteiger partial charge in [0.25, 0.3) is 0 Å². The number of piperazine rings is 1. The van der Waals surface area contributed by atoms with Gasteiger partial charge >= 0.3 is 6.18 Å². The number of amides is 1. The quantitative estimate of drug-likeness (QED) is 0.512. The van der Waals surface area contributed by atoms with E-state index in [2.05, 4.69) is 41.0 Å². The van der Waals surface area contributed by atoms with Gasteiger partial charge in [-0.05, 0) is 31.2 Å². The van der Waals surface area contributed by atoms with Crippen LogP contribution in [0.25, 0.3) is 11.3 Å². The minimum absolute atomic E-state index is 0.0587. The molecule has 1 unspecified atom stereocenters. The number of anilines is 1. The summed E-state index contributed by atoms with van der Waals surface area (Å²) in [5.74, 6) is -0.0587. The summed E-state index contributed by atoms with van der Waals surface area (Å²) in [6.07, 6.45) is -4.51. The maximum absolute atomic E-state index is 13.1. The zero-order chi connectivity index (χ0) is 27.7. The molecule has 0 aliphatic carbocycles. The Hall–Kier alpha value is -3.37. The van der Waals surface area contributed by atoms with Gasteiger partial charge in [-0.25, -0.2) is 0 Å². The van der Waals surface area contributed by atoms with Gasteiger partial charge in [-0.2, -0.15) is 18.3 Å². The highest BCUT2D eigenvalue weighted by Crippen LogP contribution is 2.34. The Kier molecular flexibility index (Phi) is 7.68. The van der Waals surface area contributed by atoms with E-state index in [1.807, 2.05) is 0 Å². The van der Waals surface area contributed by atoms with Crippen molar-refractivity contribution in [2.24, 2.45) is 0 Å². The second-order valence-electron chi connectivity index (χ2n) is 10.5. The first kappa shape index (κ1) is 27.2. The van der Waals surface area contributed by atoms with Crippen molar-refractivity contribution < 1.29 is 23.1 Å². The predicted octanol–water partition coefficient (Wildman–Crippen LogP) is 3.97. The summed E-state index contributed by atoms with van der Waals surface area (Å²) in [4.78, 5) is 18.4. The molecule has 1 fully saturated rings. The van der Waals surface area contributed by atoms with E-state index in [9.17, 15) is 23.1 Å². The van der Waals surface area contributed by atoms with Gasteiger partial charge in [0, 0.05) is 81.7 Å². The third-order valence-corrected chi connectivity index (χ3v) is 7.69. The van der Waals surface area contributed by atoms with Crippen molar-refractivity contribution in [2.75, 3.05) is 44.2 Å². The van der Waals surface area contributed by atoms with E-state index in [0.717, 1.165) is 49.6 Å². The van der Waals surface area contributed by atoms with Crippen LogP contribution in [-0.2, 0) is 30.5 Å². The molecule has 0 saturated carbocycles. The Morgan fingerprint density at radius 1 is 0.974 bits per heavy atom. The number of alkyl halides is 3. The molecule has 1 amide bonds. The van der Waals surface area contributed by atoms with Gasteiger partial charge in [0.2, 0.25) is 5.91 Å². The summed E-state index contributed by atoms with van der Waals surface area (Å²) in [7, 11) is 0. The number of benzene rings is 2. The van der Waals surface area contributed by atoms with Crippen LogP contribution in [0.3, 0.4) is 0 Å². The number of aromatic nitrogens is 2. The van der Waals surface area contributed by atoms with Gasteiger partial charge in [-0.1, -0.05) is 29.8 Å². The number of carbonyl (C=O) groups excluding carboxylic acids is 1. The summed E-state index contributed by atoms with van der Waals surface area (Å²) >= 11 is 0. The van der Waals surface area contributed by atoms with Crippen LogP contribution in [0.15, 0.2) is 48.5 Å². The molecule has 1 aromatic heterocycles. The maximum Gasteiger partial charge on any atom is 0.416 e. The maximum atomic E-state index is 13.1. The van der Waals surface area contributed by atoms with Crippen molar-refractivity contribution in [1.29, 1.82) is 0 Å². The molecule has 1 saturated heterocycles. The highest BCUT2D eigenvalue weighted by molar-refractivity contribution is 5.74. The normalized spacial score (nSPS) is 17.3. The number of fused-ring (bicyclic) bond motifs is 1. The Labute approximate surface area is 226 Å². The molecule has 10 heteroatoms. The SMILES string of the molecule is CC(=O)N1CCc2c(c(-c3ccc(C(F)(F)F)cc3)nn2CC(O)CN2CCN(c3ccc(C)cc3)CC2)C1. The Balaban J connectivity index is 1.29. The molecule has 1 atom stereocenters. The molecule has 2 aliphatic rings. The lowest BCUT2D eigenvalue weighted by Gasteiger charge is -2.37. The molecule has 2 aliphatic heterocycles. The molecule has 3 aromatic rings. The third-order valence-electron chi connectivity index (χ3n) is 7.69. The summed E-state index contributed by atoms with van der Waals surface area (Å²) in [6.45, 7) is 8.69. The smallest absolute Gasteiger partial charge is 0.390 e. The van der Waals surface area contributed by atoms with Crippen molar-refractivity contribution in [3.05, 3.63) is 70.9 Å². The molecule has 2 aromatic carbocycles. The largest absolute Gasteiger partial charge is 0.416 e. The number of hydrogen-bond acceptors (Lipinski definition) is 5. The number of rotatable bonds is 6. The van der Waals surface area contributed by atoms with Gasteiger partial charge in [0.1, 0.15) is 0 Å². The van der Waals surface area contributed by atoms with Crippen molar-refractivity contribution in [2.45, 2.75) is 45.6 Å². The lowest BCUT2D eigenvalue weighted by molar-refractivity contribution is -0.137. The Bertz CT molecular complexity index is 1300. The van der Waals surface area contributed by atoms with E-state index in [0.29, 0.717) is 37.3 Å². The monoisotopic (exact) mass is 541 g/mol. The van der Waals surface area contributed by atoms with Crippen molar-refractivity contribution in [1.82, 2.24) is 19.6 Å². The second-order valence-corrected chi connectivity index (χ2v) is 10.5. The predicted molar refractivity (Wildman–Crippen MR) is 143 cm³/mol. The van der Waals surface area contributed by atoms with Crippen LogP contribution in [0.1, 0.15) is 29.3 Å². The lowest BCUT2D eigenvalue weighted by atomic mass is 10.00. The van der Waals surface area contributed by atoms with Crippen LogP contribution in [0.2, 0.25) is 0 Å². The van der Waals surface area contributed by atoms with E-state index >= 15 is 0 Å². The summed E-state index contributed by atoms with van der Waals surface area (Å²) in [5.41, 5.74) is 4.59. The van der Waals surface area contributed by atoms with Gasteiger partial charge in [-0.3, -0.25) is 14.4 Å². The molecular formula is C29H34F3N5O2. The van der Waals surface area contributed by atoms with E-state index in [1.165, 1.54) is 30.3 Å². The van der Waals surface area contributed by atoms with Crippen LogP contribution in [0.5, 0.6) is 0 Å². The van der Waals surface area contributed by atoms with E-state index < -0.39 is 17.8 Å². The first-order chi connectivity index (χ1) is 18.6. The number of hydrogen-bond donors (Lipinski definition) is 1. The molecule has 208 valence electrons. The summed E-state index contributed by atoms with van der Waals surface area (Å²) in [6, 6.07) is 13.5. The molecule has 5 rings (SSSR count). The Morgan fingerprint density at radius 2 is 1.64 bits per heavy atom. The number of halogens is 3. The molecule has 3 heterocycles. The second kappa shape index (κ2) is 11.0. The van der Waals surface area contributed by atoms with E-state index in [1.54, 1.807) is 9.58 Å². The van der Waals surface area contributed by atoms with Crippen LogP contribution in [-0.4, -0.2) is 76.0 Å². The third kappa shape index (κ3) is 6.12. The first-order valence-electron chi connectivity index (χ1n) is 13.3. The average molecular weight is 542 g/mol. The van der Waals surface area contributed by atoms with Gasteiger partial charge in [0.15, 0.2) is 0 Å². The summed E-state index contributed by atoms with van der Waals surface area (Å²) < 4.78 is 41.1. The fourth-order valence-electron chi connectivity index (χ4n) is 5.46. The number of carbonyl (C=O) groups is 1. The minimum atomic E-state index is -4.42. The zero-order valence-electron chi connectivity index (χ0n) is 22.3.